The van der Waals surface area contributed by atoms with E-state index in [1.54, 1.807) is 0 Å². The van der Waals surface area contributed by atoms with Gasteiger partial charge in [0.25, 0.3) is 0 Å². The first kappa shape index (κ1) is 59.2. The molecule has 0 radical (unpaired) electrons. The van der Waals surface area contributed by atoms with E-state index < -0.39 is 49.5 Å². The fraction of sp³-hybridized carbons (Fsp3) is 0.981. The molecule has 1 amide bonds. The van der Waals surface area contributed by atoms with Crippen molar-refractivity contribution in [3.63, 3.8) is 0 Å². The van der Waals surface area contributed by atoms with Crippen molar-refractivity contribution in [1.82, 2.24) is 5.32 Å². The van der Waals surface area contributed by atoms with Crippen molar-refractivity contribution < 1.29 is 39.8 Å². The molecule has 62 heavy (non-hydrogen) atoms. The van der Waals surface area contributed by atoms with E-state index >= 15 is 0 Å². The predicted molar refractivity (Wildman–Crippen MR) is 258 cm³/mol. The minimum Gasteiger partial charge on any atom is -0.394 e. The summed E-state index contributed by atoms with van der Waals surface area (Å²) in [6.45, 7) is 3.83. The summed E-state index contributed by atoms with van der Waals surface area (Å²) in [6.07, 6.45) is 44.6. The third-order valence-corrected chi connectivity index (χ3v) is 13.5. The van der Waals surface area contributed by atoms with Gasteiger partial charge in [-0.2, -0.15) is 0 Å². The van der Waals surface area contributed by atoms with Gasteiger partial charge in [-0.3, -0.25) is 4.79 Å². The first-order valence-electron chi connectivity index (χ1n) is 27.2. The third kappa shape index (κ3) is 33.6. The number of hydrogen-bond acceptors (Lipinski definition) is 8. The summed E-state index contributed by atoms with van der Waals surface area (Å²) in [6, 6.07) is -0.710. The lowest BCUT2D eigenvalue weighted by atomic mass is 9.99. The Labute approximate surface area is 383 Å². The van der Waals surface area contributed by atoms with Crippen molar-refractivity contribution in [2.45, 2.75) is 320 Å². The molecule has 0 aromatic rings. The molecular formula is C53H105NO8. The summed E-state index contributed by atoms with van der Waals surface area (Å²) in [5, 5.41) is 54.2. The number of nitrogens with one attached hydrogen (secondary N) is 1. The third-order valence-electron chi connectivity index (χ3n) is 13.5. The Balaban J connectivity index is 2.04. The van der Waals surface area contributed by atoms with E-state index in [9.17, 15) is 30.3 Å². The molecule has 0 aromatic heterocycles. The van der Waals surface area contributed by atoms with Crippen LogP contribution in [0.3, 0.4) is 0 Å². The number of rotatable bonds is 47. The maximum atomic E-state index is 13.0. The van der Waals surface area contributed by atoms with Crippen LogP contribution in [0.1, 0.15) is 277 Å². The van der Waals surface area contributed by atoms with E-state index in [-0.39, 0.29) is 12.5 Å². The van der Waals surface area contributed by atoms with Gasteiger partial charge in [-0.15, -0.1) is 0 Å². The van der Waals surface area contributed by atoms with Gasteiger partial charge in [0.15, 0.2) is 6.29 Å². The highest BCUT2D eigenvalue weighted by molar-refractivity contribution is 5.76. The lowest BCUT2D eigenvalue weighted by molar-refractivity contribution is -0.302. The molecule has 7 unspecified atom stereocenters. The van der Waals surface area contributed by atoms with Gasteiger partial charge in [-0.05, 0) is 12.8 Å². The fourth-order valence-electron chi connectivity index (χ4n) is 9.11. The molecule has 1 aliphatic heterocycles. The van der Waals surface area contributed by atoms with Crippen molar-refractivity contribution in [3.8, 4) is 0 Å². The minimum absolute atomic E-state index is 0.133. The summed E-state index contributed by atoms with van der Waals surface area (Å²) in [5.74, 6) is -0.141. The van der Waals surface area contributed by atoms with E-state index in [2.05, 4.69) is 19.2 Å². The number of amides is 1. The quantitative estimate of drug-likeness (QED) is 0.0331. The summed E-state index contributed by atoms with van der Waals surface area (Å²) in [7, 11) is 0. The van der Waals surface area contributed by atoms with Crippen molar-refractivity contribution in [1.29, 1.82) is 0 Å². The Hall–Kier alpha value is -0.810. The van der Waals surface area contributed by atoms with Crippen LogP contribution in [-0.4, -0.2) is 87.5 Å². The second-order valence-electron chi connectivity index (χ2n) is 19.4. The zero-order valence-electron chi connectivity index (χ0n) is 40.9. The minimum atomic E-state index is -1.55. The van der Waals surface area contributed by atoms with Crippen molar-refractivity contribution in [2.75, 3.05) is 13.2 Å². The SMILES string of the molecule is CCCCCCCCCCCCCCCCCCCCCCCCCCCCCCCCCC(=O)NC(COC1OC(CO)C(O)C(O)C1O)C(O)CCCCCCCCCC. The van der Waals surface area contributed by atoms with E-state index in [1.165, 1.54) is 212 Å². The maximum absolute atomic E-state index is 13.0. The van der Waals surface area contributed by atoms with Gasteiger partial charge in [0.05, 0.1) is 25.4 Å². The van der Waals surface area contributed by atoms with E-state index in [1.807, 2.05) is 0 Å². The number of aliphatic hydroxyl groups is 5. The van der Waals surface area contributed by atoms with E-state index in [0.29, 0.717) is 12.8 Å². The molecule has 9 nitrogen and oxygen atoms in total. The van der Waals surface area contributed by atoms with Crippen LogP contribution in [0.25, 0.3) is 0 Å². The molecular weight excluding hydrogens is 779 g/mol. The Morgan fingerprint density at radius 2 is 0.806 bits per heavy atom. The molecule has 1 rings (SSSR count). The molecule has 1 heterocycles. The Bertz CT molecular complexity index is 939. The standard InChI is InChI=1S/C53H105NO8/c1-3-5-7-9-11-13-14-15-16-17-18-19-20-21-22-23-24-25-26-27-28-29-30-31-32-33-34-35-37-39-41-43-49(57)54-46(47(56)42-40-38-36-12-10-8-6-4-2)45-61-53-52(60)51(59)50(58)48(44-55)62-53/h46-48,50-53,55-56,58-60H,3-45H2,1-2H3,(H,54,57). The van der Waals surface area contributed by atoms with Gasteiger partial charge in [0, 0.05) is 6.42 Å². The topological polar surface area (TPSA) is 149 Å². The molecule has 0 aromatic carbocycles. The van der Waals surface area contributed by atoms with Crippen LogP contribution in [0.5, 0.6) is 0 Å². The van der Waals surface area contributed by atoms with Crippen LogP contribution in [0.4, 0.5) is 0 Å². The lowest BCUT2D eigenvalue weighted by Gasteiger charge is -2.40. The molecule has 0 aliphatic carbocycles. The molecule has 1 fully saturated rings. The summed E-state index contributed by atoms with van der Waals surface area (Å²) >= 11 is 0. The van der Waals surface area contributed by atoms with Gasteiger partial charge >= 0.3 is 0 Å². The van der Waals surface area contributed by atoms with Crippen LogP contribution in [0, 0.1) is 0 Å². The molecule has 7 atom stereocenters. The van der Waals surface area contributed by atoms with Gasteiger partial charge in [-0.1, -0.05) is 258 Å². The normalized spacial score (nSPS) is 20.1. The zero-order valence-corrected chi connectivity index (χ0v) is 40.9. The number of carbonyl (C=O) groups excluding carboxylic acids is 1. The smallest absolute Gasteiger partial charge is 0.220 e. The highest BCUT2D eigenvalue weighted by Crippen LogP contribution is 2.23. The molecule has 9 heteroatoms. The maximum Gasteiger partial charge on any atom is 0.220 e. The highest BCUT2D eigenvalue weighted by atomic mass is 16.7. The second kappa shape index (κ2) is 44.0. The first-order valence-corrected chi connectivity index (χ1v) is 27.2. The van der Waals surface area contributed by atoms with Gasteiger partial charge < -0.3 is 40.3 Å². The summed E-state index contributed by atoms with van der Waals surface area (Å²) < 4.78 is 11.2. The predicted octanol–water partition coefficient (Wildman–Crippen LogP) is 12.7. The number of carbonyl (C=O) groups is 1. The van der Waals surface area contributed by atoms with Crippen LogP contribution in [0.15, 0.2) is 0 Å². The monoisotopic (exact) mass is 884 g/mol. The molecule has 0 bridgehead atoms. The number of ether oxygens (including phenoxy) is 2. The van der Waals surface area contributed by atoms with Crippen molar-refractivity contribution in [3.05, 3.63) is 0 Å². The first-order chi connectivity index (χ1) is 30.3. The van der Waals surface area contributed by atoms with Crippen molar-refractivity contribution in [2.24, 2.45) is 0 Å². The number of unbranched alkanes of at least 4 members (excludes halogenated alkanes) is 37. The molecule has 6 N–H and O–H groups in total. The van der Waals surface area contributed by atoms with Crippen LogP contribution < -0.4 is 5.32 Å². The average Bonchev–Trinajstić information content (AvgIpc) is 3.27. The highest BCUT2D eigenvalue weighted by Gasteiger charge is 2.44. The van der Waals surface area contributed by atoms with Gasteiger partial charge in [-0.25, -0.2) is 0 Å². The Morgan fingerprint density at radius 3 is 1.15 bits per heavy atom. The van der Waals surface area contributed by atoms with Crippen LogP contribution in [0.2, 0.25) is 0 Å². The van der Waals surface area contributed by atoms with Crippen LogP contribution >= 0.6 is 0 Å². The van der Waals surface area contributed by atoms with Crippen LogP contribution in [-0.2, 0) is 14.3 Å². The summed E-state index contributed by atoms with van der Waals surface area (Å²) in [5.41, 5.74) is 0. The number of hydrogen-bond donors (Lipinski definition) is 6. The van der Waals surface area contributed by atoms with Crippen molar-refractivity contribution >= 4 is 5.91 Å². The Kier molecular flexibility index (Phi) is 42.1. The molecule has 370 valence electrons. The molecule has 0 saturated carbocycles. The molecule has 1 saturated heterocycles. The zero-order chi connectivity index (χ0) is 45.1. The van der Waals surface area contributed by atoms with E-state index in [0.717, 1.165) is 38.5 Å². The van der Waals surface area contributed by atoms with Gasteiger partial charge in [0.1, 0.15) is 24.4 Å². The van der Waals surface area contributed by atoms with E-state index in [4.69, 9.17) is 9.47 Å². The molecule has 0 spiro atoms. The fourth-order valence-corrected chi connectivity index (χ4v) is 9.11. The average molecular weight is 884 g/mol. The largest absolute Gasteiger partial charge is 0.394 e. The number of aliphatic hydroxyl groups excluding tert-OH is 5. The second-order valence-corrected chi connectivity index (χ2v) is 19.4. The molecule has 1 aliphatic rings. The lowest BCUT2D eigenvalue weighted by Crippen LogP contribution is -2.60. The van der Waals surface area contributed by atoms with Gasteiger partial charge in [0.2, 0.25) is 5.91 Å². The Morgan fingerprint density at radius 1 is 0.484 bits per heavy atom. The summed E-state index contributed by atoms with van der Waals surface area (Å²) in [4.78, 5) is 13.0.